The summed E-state index contributed by atoms with van der Waals surface area (Å²) in [5.41, 5.74) is 2.62. The van der Waals surface area contributed by atoms with Gasteiger partial charge in [-0.2, -0.15) is 11.8 Å². The molecule has 1 amide bonds. The predicted octanol–water partition coefficient (Wildman–Crippen LogP) is 4.29. The summed E-state index contributed by atoms with van der Waals surface area (Å²) in [4.78, 5) is 16.6. The Balaban J connectivity index is 1.64. The van der Waals surface area contributed by atoms with Gasteiger partial charge in [0.15, 0.2) is 5.76 Å². The van der Waals surface area contributed by atoms with E-state index in [0.29, 0.717) is 23.1 Å². The third-order valence-corrected chi connectivity index (χ3v) is 4.12. The maximum Gasteiger partial charge on any atom is 0.263 e. The van der Waals surface area contributed by atoms with Crippen molar-refractivity contribution in [2.75, 3.05) is 11.6 Å². The highest BCUT2D eigenvalue weighted by molar-refractivity contribution is 7.97. The van der Waals surface area contributed by atoms with Gasteiger partial charge in [0.05, 0.1) is 18.4 Å². The fourth-order valence-electron chi connectivity index (χ4n) is 2.31. The van der Waals surface area contributed by atoms with E-state index in [0.717, 1.165) is 11.4 Å². The molecule has 0 saturated carbocycles. The lowest BCUT2D eigenvalue weighted by Crippen LogP contribution is -2.15. The number of thioether (sulfide) groups is 1. The topological polar surface area (TPSA) is 68.3 Å². The Hall–Kier alpha value is -2.47. The summed E-state index contributed by atoms with van der Waals surface area (Å²) in [7, 11) is 0. The zero-order valence-electron chi connectivity index (χ0n) is 13.5. The van der Waals surface area contributed by atoms with Gasteiger partial charge in [0.25, 0.3) is 5.89 Å². The van der Waals surface area contributed by atoms with Crippen molar-refractivity contribution in [1.29, 1.82) is 0 Å². The first-order valence-electron chi connectivity index (χ1n) is 7.53. The van der Waals surface area contributed by atoms with Crippen LogP contribution in [0.1, 0.15) is 17.0 Å². The van der Waals surface area contributed by atoms with Crippen LogP contribution in [-0.2, 0) is 17.0 Å². The molecule has 24 heavy (non-hydrogen) atoms. The molecular weight excluding hydrogens is 324 g/mol. The van der Waals surface area contributed by atoms with Gasteiger partial charge in [-0.1, -0.05) is 12.1 Å². The maximum absolute atomic E-state index is 12.2. The molecular formula is C18H18N2O3S. The number of furan rings is 1. The second-order valence-electron chi connectivity index (χ2n) is 5.35. The van der Waals surface area contributed by atoms with E-state index in [2.05, 4.69) is 16.6 Å². The van der Waals surface area contributed by atoms with Crippen molar-refractivity contribution in [3.8, 4) is 11.7 Å². The van der Waals surface area contributed by atoms with Gasteiger partial charge in [0, 0.05) is 11.4 Å². The minimum Gasteiger partial charge on any atom is -0.459 e. The average Bonchev–Trinajstić information content (AvgIpc) is 3.20. The van der Waals surface area contributed by atoms with Crippen LogP contribution in [0.3, 0.4) is 0 Å². The van der Waals surface area contributed by atoms with E-state index >= 15 is 0 Å². The van der Waals surface area contributed by atoms with Crippen molar-refractivity contribution in [3.05, 3.63) is 59.7 Å². The van der Waals surface area contributed by atoms with Crippen LogP contribution in [0.4, 0.5) is 5.69 Å². The molecule has 0 bridgehead atoms. The molecule has 3 rings (SSSR count). The van der Waals surface area contributed by atoms with Gasteiger partial charge in [-0.3, -0.25) is 4.79 Å². The first-order chi connectivity index (χ1) is 11.7. The summed E-state index contributed by atoms with van der Waals surface area (Å²) in [5, 5.41) is 2.88. The Morgan fingerprint density at radius 3 is 2.71 bits per heavy atom. The number of hydrogen-bond acceptors (Lipinski definition) is 5. The minimum absolute atomic E-state index is 0.130. The summed E-state index contributed by atoms with van der Waals surface area (Å²) in [6.07, 6.45) is 3.78. The molecule has 0 radical (unpaired) electrons. The predicted molar refractivity (Wildman–Crippen MR) is 94.9 cm³/mol. The van der Waals surface area contributed by atoms with Gasteiger partial charge in [0.2, 0.25) is 5.91 Å². The average molecular weight is 342 g/mol. The van der Waals surface area contributed by atoms with E-state index in [9.17, 15) is 4.79 Å². The molecule has 3 aromatic rings. The van der Waals surface area contributed by atoms with Crippen molar-refractivity contribution >= 4 is 23.4 Å². The Morgan fingerprint density at radius 2 is 2.04 bits per heavy atom. The number of benzene rings is 1. The van der Waals surface area contributed by atoms with Gasteiger partial charge in [0.1, 0.15) is 5.76 Å². The molecule has 1 N–H and O–H groups in total. The van der Waals surface area contributed by atoms with Crippen LogP contribution < -0.4 is 5.32 Å². The Labute approximate surface area is 144 Å². The normalized spacial score (nSPS) is 10.8. The Kier molecular flexibility index (Phi) is 5.05. The van der Waals surface area contributed by atoms with Crippen LogP contribution in [0.15, 0.2) is 51.5 Å². The van der Waals surface area contributed by atoms with Gasteiger partial charge < -0.3 is 14.2 Å². The van der Waals surface area contributed by atoms with Crippen molar-refractivity contribution in [2.24, 2.45) is 0 Å². The summed E-state index contributed by atoms with van der Waals surface area (Å²) >= 11 is 1.77. The van der Waals surface area contributed by atoms with Gasteiger partial charge >= 0.3 is 0 Å². The zero-order chi connectivity index (χ0) is 16.9. The van der Waals surface area contributed by atoms with Crippen molar-refractivity contribution in [1.82, 2.24) is 4.98 Å². The third kappa shape index (κ3) is 3.89. The van der Waals surface area contributed by atoms with Crippen LogP contribution in [0.5, 0.6) is 0 Å². The number of nitrogens with one attached hydrogen (secondary N) is 1. The number of nitrogens with zero attached hydrogens (tertiary/aromatic N) is 1. The summed E-state index contributed by atoms with van der Waals surface area (Å²) in [6.45, 7) is 1.79. The lowest BCUT2D eigenvalue weighted by Gasteiger charge is -2.05. The lowest BCUT2D eigenvalue weighted by atomic mass is 10.2. The lowest BCUT2D eigenvalue weighted by molar-refractivity contribution is -0.115. The van der Waals surface area contributed by atoms with E-state index in [1.165, 1.54) is 5.56 Å². The minimum atomic E-state index is -0.130. The number of carbonyl (C=O) groups excluding carboxylic acids is 1. The number of carbonyl (C=O) groups is 1. The highest BCUT2D eigenvalue weighted by Gasteiger charge is 2.16. The second-order valence-corrected chi connectivity index (χ2v) is 6.22. The smallest absolute Gasteiger partial charge is 0.263 e. The van der Waals surface area contributed by atoms with E-state index < -0.39 is 0 Å². The molecule has 0 aliphatic heterocycles. The maximum atomic E-state index is 12.2. The van der Waals surface area contributed by atoms with E-state index in [4.69, 9.17) is 8.83 Å². The van der Waals surface area contributed by atoms with Crippen LogP contribution >= 0.6 is 11.8 Å². The molecule has 0 saturated heterocycles. The molecule has 0 aliphatic rings. The molecule has 0 fully saturated rings. The number of hydrogen-bond donors (Lipinski definition) is 1. The fraction of sp³-hybridized carbons (Fsp3) is 0.222. The van der Waals surface area contributed by atoms with Crippen LogP contribution in [0.25, 0.3) is 11.7 Å². The standard InChI is InChI=1S/C18H18N2O3S/c1-12-15(20-18(23-12)16-4-3-9-22-16)10-17(21)19-14-7-5-13(6-8-14)11-24-2/h3-9H,10-11H2,1-2H3,(H,19,21). The molecule has 5 nitrogen and oxygen atoms in total. The van der Waals surface area contributed by atoms with Crippen LogP contribution in [0.2, 0.25) is 0 Å². The zero-order valence-corrected chi connectivity index (χ0v) is 14.4. The number of amides is 1. The number of rotatable bonds is 6. The summed E-state index contributed by atoms with van der Waals surface area (Å²) in [5.74, 6) is 2.39. The van der Waals surface area contributed by atoms with Gasteiger partial charge in [-0.25, -0.2) is 4.98 Å². The summed E-state index contributed by atoms with van der Waals surface area (Å²) in [6, 6.07) is 11.4. The number of aromatic nitrogens is 1. The van der Waals surface area contributed by atoms with Crippen molar-refractivity contribution < 1.29 is 13.6 Å². The second kappa shape index (κ2) is 7.40. The molecule has 2 heterocycles. The number of anilines is 1. The molecule has 0 aliphatic carbocycles. The largest absolute Gasteiger partial charge is 0.459 e. The Bertz CT molecular complexity index is 807. The fourth-order valence-corrected chi connectivity index (χ4v) is 2.83. The monoisotopic (exact) mass is 342 g/mol. The molecule has 124 valence electrons. The summed E-state index contributed by atoms with van der Waals surface area (Å²) < 4.78 is 10.8. The number of oxazole rings is 1. The first-order valence-corrected chi connectivity index (χ1v) is 8.93. The van der Waals surface area contributed by atoms with Gasteiger partial charge in [-0.05, 0) is 43.0 Å². The molecule has 1 aromatic carbocycles. The molecule has 0 spiro atoms. The van der Waals surface area contributed by atoms with Gasteiger partial charge in [-0.15, -0.1) is 0 Å². The van der Waals surface area contributed by atoms with Crippen LogP contribution in [-0.4, -0.2) is 17.1 Å². The number of aryl methyl sites for hydroxylation is 1. The van der Waals surface area contributed by atoms with E-state index in [-0.39, 0.29) is 12.3 Å². The molecule has 2 aromatic heterocycles. The molecule has 0 atom stereocenters. The molecule has 6 heteroatoms. The highest BCUT2D eigenvalue weighted by Crippen LogP contribution is 2.22. The quantitative estimate of drug-likeness (QED) is 0.724. The molecule has 0 unspecified atom stereocenters. The van der Waals surface area contributed by atoms with Crippen LogP contribution in [0, 0.1) is 6.92 Å². The third-order valence-electron chi connectivity index (χ3n) is 3.50. The van der Waals surface area contributed by atoms with Crippen molar-refractivity contribution in [2.45, 2.75) is 19.1 Å². The van der Waals surface area contributed by atoms with Crippen molar-refractivity contribution in [3.63, 3.8) is 0 Å². The Morgan fingerprint density at radius 1 is 1.25 bits per heavy atom. The van der Waals surface area contributed by atoms with E-state index in [1.807, 2.05) is 24.3 Å². The highest BCUT2D eigenvalue weighted by atomic mass is 32.2. The van der Waals surface area contributed by atoms with E-state index in [1.54, 1.807) is 37.1 Å². The SMILES string of the molecule is CSCc1ccc(NC(=O)Cc2nc(-c3ccco3)oc2C)cc1. The first kappa shape index (κ1) is 16.4.